The second-order valence-corrected chi connectivity index (χ2v) is 6.89. The molecule has 140 valence electrons. The minimum Gasteiger partial charge on any atom is -0.466 e. The van der Waals surface area contributed by atoms with Gasteiger partial charge in [-0.15, -0.1) is 11.3 Å². The van der Waals surface area contributed by atoms with Crippen LogP contribution in [0.5, 0.6) is 0 Å². The fourth-order valence-electron chi connectivity index (χ4n) is 2.19. The fourth-order valence-corrected chi connectivity index (χ4v) is 2.87. The summed E-state index contributed by atoms with van der Waals surface area (Å²) >= 11 is 1.38. The van der Waals surface area contributed by atoms with Gasteiger partial charge in [0.15, 0.2) is 5.13 Å². The summed E-state index contributed by atoms with van der Waals surface area (Å²) in [6, 6.07) is 0. The quantitative estimate of drug-likeness (QED) is 0.479. The van der Waals surface area contributed by atoms with Gasteiger partial charge in [0, 0.05) is 24.0 Å². The maximum Gasteiger partial charge on any atom is 0.306 e. The molecule has 1 aromatic rings. The number of aromatic nitrogens is 1. The molecule has 1 N–H and O–H groups in total. The summed E-state index contributed by atoms with van der Waals surface area (Å²) < 4.78 is 4.84. The third kappa shape index (κ3) is 8.62. The third-order valence-corrected chi connectivity index (χ3v) is 4.26. The van der Waals surface area contributed by atoms with Gasteiger partial charge in [0.1, 0.15) is 0 Å². The molecule has 0 unspecified atom stereocenters. The molecule has 8 heteroatoms. The van der Waals surface area contributed by atoms with Crippen molar-refractivity contribution in [2.45, 2.75) is 52.9 Å². The molecule has 0 spiro atoms. The number of rotatable bonds is 11. The number of carbonyl (C=O) groups is 3. The van der Waals surface area contributed by atoms with Crippen molar-refractivity contribution in [3.63, 3.8) is 0 Å². The van der Waals surface area contributed by atoms with Crippen LogP contribution in [0, 0.1) is 6.92 Å². The van der Waals surface area contributed by atoms with Crippen LogP contribution in [0.3, 0.4) is 0 Å². The number of hydrogen-bond acceptors (Lipinski definition) is 6. The first-order valence-electron chi connectivity index (χ1n) is 8.61. The minimum absolute atomic E-state index is 0.0320. The van der Waals surface area contributed by atoms with Crippen LogP contribution in [0.25, 0.3) is 0 Å². The van der Waals surface area contributed by atoms with Gasteiger partial charge >= 0.3 is 5.97 Å². The number of hydrogen-bond donors (Lipinski definition) is 1. The van der Waals surface area contributed by atoms with Gasteiger partial charge in [0.2, 0.25) is 11.8 Å². The van der Waals surface area contributed by atoms with Crippen LogP contribution < -0.4 is 5.32 Å². The summed E-state index contributed by atoms with van der Waals surface area (Å²) in [7, 11) is 0. The van der Waals surface area contributed by atoms with E-state index < -0.39 is 5.97 Å². The largest absolute Gasteiger partial charge is 0.466 e. The molecule has 0 saturated heterocycles. The number of ether oxygens (including phenoxy) is 1. The van der Waals surface area contributed by atoms with Gasteiger partial charge < -0.3 is 15.0 Å². The molecule has 1 heterocycles. The Hall–Kier alpha value is -1.96. The number of amides is 2. The summed E-state index contributed by atoms with van der Waals surface area (Å²) in [5.74, 6) is -0.892. The van der Waals surface area contributed by atoms with Gasteiger partial charge in [-0.1, -0.05) is 19.8 Å². The van der Waals surface area contributed by atoms with Gasteiger partial charge in [-0.05, 0) is 20.3 Å². The van der Waals surface area contributed by atoms with E-state index in [1.807, 2.05) is 6.92 Å². The van der Waals surface area contributed by atoms with Crippen LogP contribution in [-0.2, 0) is 19.1 Å². The van der Waals surface area contributed by atoms with E-state index in [9.17, 15) is 14.4 Å². The van der Waals surface area contributed by atoms with Crippen LogP contribution in [0.1, 0.15) is 50.8 Å². The molecule has 2 amide bonds. The molecule has 0 bridgehead atoms. The summed E-state index contributed by atoms with van der Waals surface area (Å²) in [6.07, 6.45) is 4.60. The zero-order valence-electron chi connectivity index (χ0n) is 15.2. The van der Waals surface area contributed by atoms with Crippen molar-refractivity contribution < 1.29 is 19.1 Å². The van der Waals surface area contributed by atoms with Crippen LogP contribution in [-0.4, -0.2) is 47.4 Å². The minimum atomic E-state index is -0.396. The Kier molecular flexibility index (Phi) is 9.76. The number of carbonyl (C=O) groups excluding carboxylic acids is 3. The van der Waals surface area contributed by atoms with Gasteiger partial charge in [0.05, 0.1) is 19.6 Å². The normalized spacial score (nSPS) is 10.4. The topological polar surface area (TPSA) is 88.6 Å². The molecular weight excluding hydrogens is 342 g/mol. The Morgan fingerprint density at radius 1 is 1.24 bits per heavy atom. The molecule has 0 radical (unpaired) electrons. The molecular formula is C17H27N3O4S. The number of thiazole rings is 1. The first-order valence-corrected chi connectivity index (χ1v) is 9.43. The Morgan fingerprint density at radius 2 is 2.00 bits per heavy atom. The summed E-state index contributed by atoms with van der Waals surface area (Å²) in [5.41, 5.74) is 0. The third-order valence-electron chi connectivity index (χ3n) is 3.43. The van der Waals surface area contributed by atoms with E-state index in [4.69, 9.17) is 4.74 Å². The second-order valence-electron chi connectivity index (χ2n) is 5.65. The maximum absolute atomic E-state index is 12.4. The molecule has 1 aromatic heterocycles. The van der Waals surface area contributed by atoms with Gasteiger partial charge in [-0.3, -0.25) is 14.4 Å². The van der Waals surface area contributed by atoms with E-state index in [0.29, 0.717) is 18.3 Å². The van der Waals surface area contributed by atoms with Crippen molar-refractivity contribution in [1.29, 1.82) is 0 Å². The fraction of sp³-hybridized carbons (Fsp3) is 0.647. The van der Waals surface area contributed by atoms with E-state index in [1.54, 1.807) is 13.1 Å². The smallest absolute Gasteiger partial charge is 0.306 e. The highest BCUT2D eigenvalue weighted by atomic mass is 32.1. The molecule has 0 aliphatic rings. The number of nitrogens with zero attached hydrogens (tertiary/aromatic N) is 2. The second kappa shape index (κ2) is 11.6. The van der Waals surface area contributed by atoms with E-state index in [-0.39, 0.29) is 31.2 Å². The maximum atomic E-state index is 12.4. The summed E-state index contributed by atoms with van der Waals surface area (Å²) in [4.78, 5) is 42.6. The van der Waals surface area contributed by atoms with E-state index in [2.05, 4.69) is 17.2 Å². The molecule has 0 aliphatic carbocycles. The SMILES string of the molecule is CCCCCN(CC(=O)Nc1ncc(C)s1)C(=O)CCC(=O)OCC. The first kappa shape index (κ1) is 21.1. The van der Waals surface area contributed by atoms with Crippen molar-refractivity contribution in [3.05, 3.63) is 11.1 Å². The molecule has 0 aromatic carbocycles. The number of nitrogens with one attached hydrogen (secondary N) is 1. The highest BCUT2D eigenvalue weighted by Gasteiger charge is 2.19. The Bertz CT molecular complexity index is 574. The molecule has 1 rings (SSSR count). The molecule has 0 saturated carbocycles. The standard InChI is InChI=1S/C17H27N3O4S/c1-4-6-7-10-20(15(22)8-9-16(23)24-5-2)12-14(21)19-17-18-11-13(3)25-17/h11H,4-10,12H2,1-3H3,(H,18,19,21). The average molecular weight is 369 g/mol. The molecule has 0 aliphatic heterocycles. The van der Waals surface area contributed by atoms with Gasteiger partial charge in [0.25, 0.3) is 0 Å². The van der Waals surface area contributed by atoms with E-state index >= 15 is 0 Å². The van der Waals surface area contributed by atoms with Crippen LogP contribution in [0.15, 0.2) is 6.20 Å². The average Bonchev–Trinajstić information content (AvgIpc) is 2.97. The lowest BCUT2D eigenvalue weighted by atomic mass is 10.2. The number of aryl methyl sites for hydroxylation is 1. The molecule has 0 atom stereocenters. The van der Waals surface area contributed by atoms with Crippen LogP contribution in [0.2, 0.25) is 0 Å². The molecule has 25 heavy (non-hydrogen) atoms. The van der Waals surface area contributed by atoms with Crippen LogP contribution in [0.4, 0.5) is 5.13 Å². The highest BCUT2D eigenvalue weighted by molar-refractivity contribution is 7.15. The van der Waals surface area contributed by atoms with Gasteiger partial charge in [-0.2, -0.15) is 0 Å². The predicted molar refractivity (Wildman–Crippen MR) is 97.5 cm³/mol. The summed E-state index contributed by atoms with van der Waals surface area (Å²) in [6.45, 7) is 6.46. The lowest BCUT2D eigenvalue weighted by Gasteiger charge is -2.22. The monoisotopic (exact) mass is 369 g/mol. The predicted octanol–water partition coefficient (Wildman–Crippen LogP) is 2.75. The van der Waals surface area contributed by atoms with E-state index in [0.717, 1.165) is 24.1 Å². The van der Waals surface area contributed by atoms with Crippen molar-refractivity contribution in [3.8, 4) is 0 Å². The first-order chi connectivity index (χ1) is 12.0. The van der Waals surface area contributed by atoms with Gasteiger partial charge in [-0.25, -0.2) is 4.98 Å². The molecule has 7 nitrogen and oxygen atoms in total. The zero-order chi connectivity index (χ0) is 18.7. The van der Waals surface area contributed by atoms with Crippen molar-refractivity contribution in [1.82, 2.24) is 9.88 Å². The molecule has 0 fully saturated rings. The Labute approximate surface area is 152 Å². The Balaban J connectivity index is 2.56. The van der Waals surface area contributed by atoms with E-state index in [1.165, 1.54) is 16.2 Å². The zero-order valence-corrected chi connectivity index (χ0v) is 16.0. The highest BCUT2D eigenvalue weighted by Crippen LogP contribution is 2.16. The van der Waals surface area contributed by atoms with Crippen LogP contribution >= 0.6 is 11.3 Å². The number of anilines is 1. The lowest BCUT2D eigenvalue weighted by molar-refractivity contribution is -0.145. The van der Waals surface area contributed by atoms with Crippen molar-refractivity contribution in [2.75, 3.05) is 25.0 Å². The number of unbranched alkanes of at least 4 members (excludes halogenated alkanes) is 2. The van der Waals surface area contributed by atoms with Crippen molar-refractivity contribution in [2.24, 2.45) is 0 Å². The summed E-state index contributed by atoms with van der Waals surface area (Å²) in [5, 5.41) is 3.23. The Morgan fingerprint density at radius 3 is 2.60 bits per heavy atom. The lowest BCUT2D eigenvalue weighted by Crippen LogP contribution is -2.38. The number of esters is 1. The van der Waals surface area contributed by atoms with Crippen molar-refractivity contribution >= 4 is 34.3 Å².